The third-order valence-corrected chi connectivity index (χ3v) is 4.62. The molecule has 28 heavy (non-hydrogen) atoms. The number of quaternary nitrogens is 1. The van der Waals surface area contributed by atoms with Gasteiger partial charge in [0.2, 0.25) is 0 Å². The first-order valence-electron chi connectivity index (χ1n) is 8.96. The number of benzene rings is 2. The second kappa shape index (κ2) is 10.8. The van der Waals surface area contributed by atoms with Gasteiger partial charge in [0.15, 0.2) is 5.11 Å². The second-order valence-corrected chi connectivity index (χ2v) is 7.50. The van der Waals surface area contributed by atoms with E-state index in [-0.39, 0.29) is 5.91 Å². The largest absolute Gasteiger partial charge is 0.489 e. The van der Waals surface area contributed by atoms with Crippen LogP contribution in [-0.2, 0) is 6.61 Å². The molecule has 2 rings (SSSR count). The molecule has 4 N–H and O–H groups in total. The summed E-state index contributed by atoms with van der Waals surface area (Å²) in [5.74, 6) is 0.493. The Morgan fingerprint density at radius 1 is 1.14 bits per heavy atom. The Morgan fingerprint density at radius 2 is 1.86 bits per heavy atom. The van der Waals surface area contributed by atoms with E-state index >= 15 is 0 Å². The van der Waals surface area contributed by atoms with Crippen LogP contribution in [0.25, 0.3) is 0 Å². The molecule has 8 heteroatoms. The van der Waals surface area contributed by atoms with Crippen LogP contribution in [0, 0.1) is 6.92 Å². The van der Waals surface area contributed by atoms with Gasteiger partial charge in [-0.15, -0.1) is 0 Å². The molecular formula is C20H26ClN4O2S+. The molecular weight excluding hydrogens is 396 g/mol. The van der Waals surface area contributed by atoms with E-state index in [1.165, 1.54) is 4.90 Å². The number of carbonyl (C=O) groups is 1. The molecule has 2 aromatic carbocycles. The van der Waals surface area contributed by atoms with E-state index in [4.69, 9.17) is 28.6 Å². The van der Waals surface area contributed by atoms with Crippen molar-refractivity contribution in [3.63, 3.8) is 0 Å². The number of amides is 1. The minimum Gasteiger partial charge on any atom is -0.489 e. The summed E-state index contributed by atoms with van der Waals surface area (Å²) in [5.41, 5.74) is 7.74. The standard InChI is InChI=1S/C20H25ClN4O2S/c1-14-12-17(8-9-18(14)21)27-13-15-4-6-16(7-5-15)19(26)23-24-20(28)22-10-11-25(2)3/h4-9,12H,10-11,13H2,1-3H3,(H,23,26)(H2,22,24,28)/p+1. The number of nitrogens with one attached hydrogen (secondary N) is 4. The molecule has 0 bridgehead atoms. The first kappa shape index (κ1) is 21.9. The number of hydrogen-bond donors (Lipinski definition) is 4. The lowest BCUT2D eigenvalue weighted by Gasteiger charge is -2.13. The van der Waals surface area contributed by atoms with Gasteiger partial charge in [-0.1, -0.05) is 23.7 Å². The smallest absolute Gasteiger partial charge is 0.269 e. The zero-order valence-corrected chi connectivity index (χ0v) is 17.8. The van der Waals surface area contributed by atoms with Crippen LogP contribution >= 0.6 is 23.8 Å². The lowest BCUT2D eigenvalue weighted by Crippen LogP contribution is -3.06. The van der Waals surface area contributed by atoms with Crippen LogP contribution in [0.5, 0.6) is 5.75 Å². The molecule has 0 aliphatic rings. The van der Waals surface area contributed by atoms with Crippen molar-refractivity contribution >= 4 is 34.8 Å². The Kier molecular flexibility index (Phi) is 8.50. The van der Waals surface area contributed by atoms with Gasteiger partial charge in [0.1, 0.15) is 12.4 Å². The van der Waals surface area contributed by atoms with E-state index in [9.17, 15) is 4.79 Å². The fraction of sp³-hybridized carbons (Fsp3) is 0.300. The van der Waals surface area contributed by atoms with Gasteiger partial charge in [0.05, 0.1) is 27.2 Å². The summed E-state index contributed by atoms with van der Waals surface area (Å²) >= 11 is 11.1. The molecule has 0 heterocycles. The first-order chi connectivity index (χ1) is 13.3. The van der Waals surface area contributed by atoms with E-state index in [0.717, 1.165) is 30.0 Å². The fourth-order valence-corrected chi connectivity index (χ4v) is 2.55. The van der Waals surface area contributed by atoms with Crippen molar-refractivity contribution in [1.29, 1.82) is 0 Å². The number of hydrogen-bond acceptors (Lipinski definition) is 3. The zero-order chi connectivity index (χ0) is 20.5. The number of likely N-dealkylation sites (N-methyl/N-ethyl adjacent to an activating group) is 1. The topological polar surface area (TPSA) is 66.8 Å². The van der Waals surface area contributed by atoms with Gasteiger partial charge >= 0.3 is 0 Å². The summed E-state index contributed by atoms with van der Waals surface area (Å²) in [6.07, 6.45) is 0. The van der Waals surface area contributed by atoms with E-state index in [1.54, 1.807) is 12.1 Å². The Morgan fingerprint density at radius 3 is 2.50 bits per heavy atom. The molecule has 0 aliphatic heterocycles. The maximum absolute atomic E-state index is 12.2. The molecule has 0 aromatic heterocycles. The van der Waals surface area contributed by atoms with Gasteiger partial charge in [-0.3, -0.25) is 15.6 Å². The van der Waals surface area contributed by atoms with Gasteiger partial charge in [0, 0.05) is 10.6 Å². The van der Waals surface area contributed by atoms with Crippen LogP contribution in [0.2, 0.25) is 5.02 Å². The number of hydrazine groups is 1. The Hall–Kier alpha value is -2.35. The minimum absolute atomic E-state index is 0.261. The number of halogens is 1. The van der Waals surface area contributed by atoms with Crippen LogP contribution in [0.4, 0.5) is 0 Å². The molecule has 150 valence electrons. The second-order valence-electron chi connectivity index (χ2n) is 6.69. The molecule has 6 nitrogen and oxygen atoms in total. The first-order valence-corrected chi connectivity index (χ1v) is 9.75. The maximum atomic E-state index is 12.2. The van der Waals surface area contributed by atoms with E-state index < -0.39 is 0 Å². The highest BCUT2D eigenvalue weighted by Crippen LogP contribution is 2.21. The van der Waals surface area contributed by atoms with Crippen LogP contribution in [0.3, 0.4) is 0 Å². The highest BCUT2D eigenvalue weighted by molar-refractivity contribution is 7.80. The van der Waals surface area contributed by atoms with Gasteiger partial charge in [-0.25, -0.2) is 0 Å². The predicted molar refractivity (Wildman–Crippen MR) is 116 cm³/mol. The van der Waals surface area contributed by atoms with Crippen molar-refractivity contribution in [2.75, 3.05) is 27.2 Å². The quantitative estimate of drug-likeness (QED) is 0.403. The molecule has 0 radical (unpaired) electrons. The third kappa shape index (κ3) is 7.34. The molecule has 0 fully saturated rings. The fourth-order valence-electron chi connectivity index (χ4n) is 2.28. The average Bonchev–Trinajstić information content (AvgIpc) is 2.67. The molecule has 0 spiro atoms. The molecule has 0 unspecified atom stereocenters. The highest BCUT2D eigenvalue weighted by Gasteiger charge is 2.06. The molecule has 0 saturated carbocycles. The van der Waals surface area contributed by atoms with Gasteiger partial charge in [-0.05, 0) is 60.6 Å². The summed E-state index contributed by atoms with van der Waals surface area (Å²) in [7, 11) is 4.12. The number of ether oxygens (including phenoxy) is 1. The lowest BCUT2D eigenvalue weighted by atomic mass is 10.1. The zero-order valence-electron chi connectivity index (χ0n) is 16.3. The molecule has 0 saturated heterocycles. The van der Waals surface area contributed by atoms with Crippen molar-refractivity contribution in [3.05, 3.63) is 64.2 Å². The van der Waals surface area contributed by atoms with Crippen molar-refractivity contribution < 1.29 is 14.4 Å². The SMILES string of the molecule is Cc1cc(OCc2ccc(C(=O)NNC(=S)NCC[NH+](C)C)cc2)ccc1Cl. The van der Waals surface area contributed by atoms with Gasteiger partial charge < -0.3 is 15.0 Å². The Balaban J connectivity index is 1.78. The van der Waals surface area contributed by atoms with Crippen LogP contribution in [-0.4, -0.2) is 38.2 Å². The number of thiocarbonyl (C=S) groups is 1. The van der Waals surface area contributed by atoms with Crippen molar-refractivity contribution in [3.8, 4) is 5.75 Å². The highest BCUT2D eigenvalue weighted by atomic mass is 35.5. The lowest BCUT2D eigenvalue weighted by molar-refractivity contribution is -0.856. The Labute approximate surface area is 176 Å². The summed E-state index contributed by atoms with van der Waals surface area (Å²) < 4.78 is 5.76. The van der Waals surface area contributed by atoms with E-state index in [2.05, 4.69) is 30.3 Å². The minimum atomic E-state index is -0.261. The molecule has 1 amide bonds. The van der Waals surface area contributed by atoms with Crippen LogP contribution in [0.1, 0.15) is 21.5 Å². The van der Waals surface area contributed by atoms with E-state index in [0.29, 0.717) is 22.3 Å². The molecule has 0 atom stereocenters. The molecule has 0 aliphatic carbocycles. The summed E-state index contributed by atoms with van der Waals surface area (Å²) in [6, 6.07) is 12.7. The maximum Gasteiger partial charge on any atom is 0.269 e. The third-order valence-electron chi connectivity index (χ3n) is 3.95. The normalized spacial score (nSPS) is 10.5. The van der Waals surface area contributed by atoms with Crippen molar-refractivity contribution in [2.45, 2.75) is 13.5 Å². The van der Waals surface area contributed by atoms with Gasteiger partial charge in [0.25, 0.3) is 5.91 Å². The summed E-state index contributed by atoms with van der Waals surface area (Å²) in [5, 5.41) is 4.13. The van der Waals surface area contributed by atoms with E-state index in [1.807, 2.05) is 37.3 Å². The monoisotopic (exact) mass is 421 g/mol. The number of carbonyl (C=O) groups excluding carboxylic acids is 1. The molecule has 2 aromatic rings. The van der Waals surface area contributed by atoms with Gasteiger partial charge in [-0.2, -0.15) is 0 Å². The van der Waals surface area contributed by atoms with Crippen molar-refractivity contribution in [1.82, 2.24) is 16.2 Å². The van der Waals surface area contributed by atoms with Crippen LogP contribution in [0.15, 0.2) is 42.5 Å². The number of rotatable bonds is 7. The predicted octanol–water partition coefficient (Wildman–Crippen LogP) is 1.48. The average molecular weight is 422 g/mol. The Bertz CT molecular complexity index is 812. The number of aryl methyl sites for hydroxylation is 1. The summed E-state index contributed by atoms with van der Waals surface area (Å²) in [6.45, 7) is 3.99. The summed E-state index contributed by atoms with van der Waals surface area (Å²) in [4.78, 5) is 13.5. The van der Waals surface area contributed by atoms with Crippen molar-refractivity contribution in [2.24, 2.45) is 0 Å². The van der Waals surface area contributed by atoms with Crippen LogP contribution < -0.4 is 25.8 Å².